The molecule has 12 heavy (non-hydrogen) atoms. The molecule has 0 bridgehead atoms. The van der Waals surface area contributed by atoms with Crippen molar-refractivity contribution in [2.24, 2.45) is 5.92 Å². The molecule has 3 nitrogen and oxygen atoms in total. The van der Waals surface area contributed by atoms with E-state index in [1.165, 1.54) is 0 Å². The molecule has 0 aromatic heterocycles. The van der Waals surface area contributed by atoms with Crippen LogP contribution >= 0.6 is 0 Å². The molecule has 0 amide bonds. The predicted molar refractivity (Wildman–Crippen MR) is 49.2 cm³/mol. The molecule has 0 radical (unpaired) electrons. The third kappa shape index (κ3) is 3.72. The maximum Gasteiger partial charge on any atom is 0.320 e. The largest absolute Gasteiger partial charge is 0.480 e. The second-order valence-corrected chi connectivity index (χ2v) is 3.57. The van der Waals surface area contributed by atoms with Crippen molar-refractivity contribution in [1.82, 2.24) is 4.90 Å². The Bertz CT molecular complexity index is 145. The first kappa shape index (κ1) is 11.4. The molecular weight excluding hydrogens is 154 g/mol. The van der Waals surface area contributed by atoms with E-state index in [4.69, 9.17) is 5.11 Å². The smallest absolute Gasteiger partial charge is 0.320 e. The predicted octanol–water partition coefficient (Wildman–Crippen LogP) is 1.44. The van der Waals surface area contributed by atoms with Crippen molar-refractivity contribution in [1.29, 1.82) is 0 Å². The summed E-state index contributed by atoms with van der Waals surface area (Å²) in [5, 5.41) is 8.85. The molecule has 0 aromatic carbocycles. The van der Waals surface area contributed by atoms with Crippen molar-refractivity contribution >= 4 is 5.97 Å². The lowest BCUT2D eigenvalue weighted by molar-refractivity contribution is -0.142. The fourth-order valence-electron chi connectivity index (χ4n) is 1.08. The Balaban J connectivity index is 4.05. The van der Waals surface area contributed by atoms with Gasteiger partial charge in [-0.15, -0.1) is 0 Å². The Morgan fingerprint density at radius 3 is 2.25 bits per heavy atom. The first-order valence-corrected chi connectivity index (χ1v) is 4.38. The van der Waals surface area contributed by atoms with Crippen LogP contribution in [0.4, 0.5) is 0 Å². The molecule has 0 aliphatic rings. The van der Waals surface area contributed by atoms with Gasteiger partial charge in [0.1, 0.15) is 6.04 Å². The van der Waals surface area contributed by atoms with Crippen LogP contribution in [0.5, 0.6) is 0 Å². The number of hydrogen-bond acceptors (Lipinski definition) is 2. The number of rotatable bonds is 5. The van der Waals surface area contributed by atoms with Crippen LogP contribution in [0, 0.1) is 5.92 Å². The highest BCUT2D eigenvalue weighted by Gasteiger charge is 2.21. The van der Waals surface area contributed by atoms with Gasteiger partial charge in [-0.05, 0) is 26.4 Å². The molecule has 0 saturated heterocycles. The second kappa shape index (κ2) is 5.14. The van der Waals surface area contributed by atoms with E-state index in [0.717, 1.165) is 12.8 Å². The highest BCUT2D eigenvalue weighted by atomic mass is 16.4. The Morgan fingerprint density at radius 1 is 1.50 bits per heavy atom. The van der Waals surface area contributed by atoms with Crippen molar-refractivity contribution in [3.8, 4) is 0 Å². The van der Waals surface area contributed by atoms with Gasteiger partial charge in [0.25, 0.3) is 0 Å². The van der Waals surface area contributed by atoms with Gasteiger partial charge in [-0.25, -0.2) is 0 Å². The van der Waals surface area contributed by atoms with Crippen LogP contribution in [-0.2, 0) is 4.79 Å². The number of hydrogen-bond donors (Lipinski definition) is 1. The normalized spacial score (nSPS) is 16.1. The van der Waals surface area contributed by atoms with E-state index < -0.39 is 5.97 Å². The van der Waals surface area contributed by atoms with Gasteiger partial charge in [0.05, 0.1) is 0 Å². The number of carboxylic acids is 1. The molecule has 2 atom stereocenters. The van der Waals surface area contributed by atoms with Crippen molar-refractivity contribution in [2.45, 2.75) is 32.7 Å². The summed E-state index contributed by atoms with van der Waals surface area (Å²) < 4.78 is 0. The summed E-state index contributed by atoms with van der Waals surface area (Å²) in [6.07, 6.45) is 1.77. The third-order valence-corrected chi connectivity index (χ3v) is 2.23. The van der Waals surface area contributed by atoms with Crippen molar-refractivity contribution in [3.63, 3.8) is 0 Å². The van der Waals surface area contributed by atoms with Crippen LogP contribution in [0.3, 0.4) is 0 Å². The first-order chi connectivity index (χ1) is 5.49. The van der Waals surface area contributed by atoms with Gasteiger partial charge < -0.3 is 5.11 Å². The molecule has 3 heteroatoms. The molecule has 72 valence electrons. The molecule has 0 heterocycles. The van der Waals surface area contributed by atoms with Gasteiger partial charge in [-0.2, -0.15) is 0 Å². The molecule has 0 spiro atoms. The van der Waals surface area contributed by atoms with E-state index in [-0.39, 0.29) is 6.04 Å². The molecule has 0 aliphatic carbocycles. The van der Waals surface area contributed by atoms with E-state index >= 15 is 0 Å². The fourth-order valence-corrected chi connectivity index (χ4v) is 1.08. The van der Waals surface area contributed by atoms with E-state index in [1.54, 1.807) is 19.0 Å². The monoisotopic (exact) mass is 173 g/mol. The average molecular weight is 173 g/mol. The van der Waals surface area contributed by atoms with Crippen LogP contribution < -0.4 is 0 Å². The van der Waals surface area contributed by atoms with Crippen LogP contribution in [0.25, 0.3) is 0 Å². The maximum absolute atomic E-state index is 10.8. The second-order valence-electron chi connectivity index (χ2n) is 3.57. The molecule has 0 aliphatic heterocycles. The highest BCUT2D eigenvalue weighted by molar-refractivity contribution is 5.73. The van der Waals surface area contributed by atoms with Crippen molar-refractivity contribution in [3.05, 3.63) is 0 Å². The van der Waals surface area contributed by atoms with Gasteiger partial charge in [0, 0.05) is 0 Å². The Hall–Kier alpha value is -0.570. The lowest BCUT2D eigenvalue weighted by atomic mass is 9.99. The standard InChI is InChI=1S/C9H19NO2/c1-5-7(2)6-8(9(11)12)10(3)4/h7-8H,5-6H2,1-4H3,(H,11,12). The lowest BCUT2D eigenvalue weighted by Gasteiger charge is -2.22. The Labute approximate surface area is 74.4 Å². The van der Waals surface area contributed by atoms with Crippen LogP contribution in [0.1, 0.15) is 26.7 Å². The topological polar surface area (TPSA) is 40.5 Å². The van der Waals surface area contributed by atoms with E-state index in [9.17, 15) is 4.79 Å². The number of carboxylic acid groups (broad SMARTS) is 1. The summed E-state index contributed by atoms with van der Waals surface area (Å²) in [5.74, 6) is -0.242. The van der Waals surface area contributed by atoms with Crippen molar-refractivity contribution < 1.29 is 9.90 Å². The SMILES string of the molecule is CCC(C)CC(C(=O)O)N(C)C. The zero-order valence-corrected chi connectivity index (χ0v) is 8.37. The summed E-state index contributed by atoms with van der Waals surface area (Å²) in [5.41, 5.74) is 0. The summed E-state index contributed by atoms with van der Waals surface area (Å²) in [6, 6.07) is -0.333. The molecule has 2 unspecified atom stereocenters. The summed E-state index contributed by atoms with van der Waals surface area (Å²) in [7, 11) is 3.61. The molecule has 0 aromatic rings. The third-order valence-electron chi connectivity index (χ3n) is 2.23. The van der Waals surface area contributed by atoms with Gasteiger partial charge >= 0.3 is 5.97 Å². The molecule has 0 rings (SSSR count). The zero-order chi connectivity index (χ0) is 9.72. The number of nitrogens with zero attached hydrogens (tertiary/aromatic N) is 1. The summed E-state index contributed by atoms with van der Waals surface area (Å²) in [4.78, 5) is 12.5. The highest BCUT2D eigenvalue weighted by Crippen LogP contribution is 2.12. The van der Waals surface area contributed by atoms with Crippen LogP contribution in [0.2, 0.25) is 0 Å². The summed E-state index contributed by atoms with van der Waals surface area (Å²) in [6.45, 7) is 4.17. The number of aliphatic carboxylic acids is 1. The number of carbonyl (C=O) groups is 1. The minimum Gasteiger partial charge on any atom is -0.480 e. The van der Waals surface area contributed by atoms with E-state index in [2.05, 4.69) is 13.8 Å². The molecular formula is C9H19NO2. The van der Waals surface area contributed by atoms with Gasteiger partial charge in [-0.3, -0.25) is 9.69 Å². The number of likely N-dealkylation sites (N-methyl/N-ethyl adjacent to an activating group) is 1. The lowest BCUT2D eigenvalue weighted by Crippen LogP contribution is -2.36. The van der Waals surface area contributed by atoms with E-state index in [0.29, 0.717) is 5.92 Å². The maximum atomic E-state index is 10.8. The minimum atomic E-state index is -0.722. The quantitative estimate of drug-likeness (QED) is 0.684. The van der Waals surface area contributed by atoms with Crippen molar-refractivity contribution in [2.75, 3.05) is 14.1 Å². The Kier molecular flexibility index (Phi) is 4.90. The zero-order valence-electron chi connectivity index (χ0n) is 8.37. The van der Waals surface area contributed by atoms with E-state index in [1.807, 2.05) is 0 Å². The summed E-state index contributed by atoms with van der Waals surface area (Å²) >= 11 is 0. The van der Waals surface area contributed by atoms with Gasteiger partial charge in [-0.1, -0.05) is 20.3 Å². The van der Waals surface area contributed by atoms with Crippen LogP contribution in [0.15, 0.2) is 0 Å². The van der Waals surface area contributed by atoms with Crippen LogP contribution in [-0.4, -0.2) is 36.1 Å². The van der Waals surface area contributed by atoms with Gasteiger partial charge in [0.2, 0.25) is 0 Å². The minimum absolute atomic E-state index is 0.333. The Morgan fingerprint density at radius 2 is 2.00 bits per heavy atom. The molecule has 0 saturated carbocycles. The first-order valence-electron chi connectivity index (χ1n) is 4.38. The van der Waals surface area contributed by atoms with Gasteiger partial charge in [0.15, 0.2) is 0 Å². The average Bonchev–Trinajstić information content (AvgIpc) is 1.98. The molecule has 1 N–H and O–H groups in total. The molecule has 0 fully saturated rings. The fraction of sp³-hybridized carbons (Fsp3) is 0.889.